The van der Waals surface area contributed by atoms with E-state index in [1.54, 1.807) is 30.3 Å². The van der Waals surface area contributed by atoms with Crippen molar-refractivity contribution in [3.63, 3.8) is 0 Å². The second-order valence-electron chi connectivity index (χ2n) is 4.31. The molecule has 0 aromatic heterocycles. The summed E-state index contributed by atoms with van der Waals surface area (Å²) in [6.45, 7) is 0. The van der Waals surface area contributed by atoms with Crippen LogP contribution in [0.1, 0.15) is 20.7 Å². The van der Waals surface area contributed by atoms with E-state index < -0.39 is 11.9 Å². The fraction of sp³-hybridized carbons (Fsp3) is 0. The summed E-state index contributed by atoms with van der Waals surface area (Å²) >= 11 is 5.12. The van der Waals surface area contributed by atoms with Crippen LogP contribution in [0.25, 0.3) is 0 Å². The van der Waals surface area contributed by atoms with Gasteiger partial charge in [0.2, 0.25) is 0 Å². The van der Waals surface area contributed by atoms with E-state index in [9.17, 15) is 9.59 Å². The molecule has 0 aliphatic rings. The molecule has 0 bridgehead atoms. The molecular weight excluding hydrogens is 304 g/mol. The maximum absolute atomic E-state index is 11.1. The number of rotatable bonds is 4. The van der Waals surface area contributed by atoms with Gasteiger partial charge in [0.05, 0.1) is 16.8 Å². The third-order valence-corrected chi connectivity index (χ3v) is 3.00. The number of carbonyl (C=O) groups is 2. The van der Waals surface area contributed by atoms with Gasteiger partial charge < -0.3 is 20.8 Å². The van der Waals surface area contributed by atoms with Crippen molar-refractivity contribution in [2.45, 2.75) is 0 Å². The van der Waals surface area contributed by atoms with Crippen LogP contribution >= 0.6 is 12.2 Å². The van der Waals surface area contributed by atoms with E-state index in [0.717, 1.165) is 0 Å². The molecule has 0 radical (unpaired) electrons. The van der Waals surface area contributed by atoms with Gasteiger partial charge in [0.15, 0.2) is 5.11 Å². The van der Waals surface area contributed by atoms with E-state index in [4.69, 9.17) is 22.4 Å². The second-order valence-corrected chi connectivity index (χ2v) is 4.72. The fourth-order valence-electron chi connectivity index (χ4n) is 1.76. The van der Waals surface area contributed by atoms with Crippen LogP contribution in [-0.4, -0.2) is 27.3 Å². The summed E-state index contributed by atoms with van der Waals surface area (Å²) in [5.74, 6) is -2.07. The Morgan fingerprint density at radius 1 is 0.864 bits per heavy atom. The van der Waals surface area contributed by atoms with E-state index in [2.05, 4.69) is 10.6 Å². The maximum atomic E-state index is 11.1. The zero-order valence-corrected chi connectivity index (χ0v) is 12.1. The molecule has 0 saturated heterocycles. The van der Waals surface area contributed by atoms with Crippen molar-refractivity contribution in [1.82, 2.24) is 0 Å². The standard InChI is InChI=1S/C15H12N2O4S/c18-13(19)9-5-7-10(8-6-9)16-15(22)17-12-4-2-1-3-11(12)14(20)21/h1-8H,(H,18,19)(H,20,21)(H2,16,17,22). The number of hydrogen-bond acceptors (Lipinski definition) is 3. The molecule has 0 aliphatic heterocycles. The Morgan fingerprint density at radius 2 is 1.50 bits per heavy atom. The smallest absolute Gasteiger partial charge is 0.337 e. The fourth-order valence-corrected chi connectivity index (χ4v) is 1.99. The van der Waals surface area contributed by atoms with Gasteiger partial charge in [-0.3, -0.25) is 0 Å². The Bertz CT molecular complexity index is 729. The first kappa shape index (κ1) is 15.5. The van der Waals surface area contributed by atoms with Crippen molar-refractivity contribution in [2.24, 2.45) is 0 Å². The van der Waals surface area contributed by atoms with Crippen molar-refractivity contribution in [3.05, 3.63) is 59.7 Å². The molecule has 7 heteroatoms. The lowest BCUT2D eigenvalue weighted by Gasteiger charge is -2.12. The van der Waals surface area contributed by atoms with Crippen LogP contribution in [0.4, 0.5) is 11.4 Å². The lowest BCUT2D eigenvalue weighted by molar-refractivity contribution is 0.0686. The minimum Gasteiger partial charge on any atom is -0.478 e. The van der Waals surface area contributed by atoms with Gasteiger partial charge in [-0.1, -0.05) is 12.1 Å². The third-order valence-electron chi connectivity index (χ3n) is 2.80. The summed E-state index contributed by atoms with van der Waals surface area (Å²) in [5.41, 5.74) is 1.23. The Labute approximate surface area is 131 Å². The Morgan fingerprint density at radius 3 is 2.09 bits per heavy atom. The molecule has 2 aromatic rings. The van der Waals surface area contributed by atoms with E-state index in [1.807, 2.05) is 0 Å². The van der Waals surface area contributed by atoms with Crippen molar-refractivity contribution in [1.29, 1.82) is 0 Å². The van der Waals surface area contributed by atoms with Crippen LogP contribution in [-0.2, 0) is 0 Å². The summed E-state index contributed by atoms with van der Waals surface area (Å²) in [6.07, 6.45) is 0. The molecule has 0 unspecified atom stereocenters. The molecule has 2 aromatic carbocycles. The van der Waals surface area contributed by atoms with Crippen LogP contribution in [0.15, 0.2) is 48.5 Å². The van der Waals surface area contributed by atoms with Crippen LogP contribution in [0.2, 0.25) is 0 Å². The topological polar surface area (TPSA) is 98.7 Å². The number of carboxylic acids is 2. The number of anilines is 2. The average molecular weight is 316 g/mol. The summed E-state index contributed by atoms with van der Waals surface area (Å²) in [4.78, 5) is 21.9. The molecular formula is C15H12N2O4S. The highest BCUT2D eigenvalue weighted by Gasteiger charge is 2.10. The largest absolute Gasteiger partial charge is 0.478 e. The van der Waals surface area contributed by atoms with Crippen LogP contribution in [0.3, 0.4) is 0 Å². The van der Waals surface area contributed by atoms with Gasteiger partial charge in [-0.25, -0.2) is 9.59 Å². The SMILES string of the molecule is O=C(O)c1ccc(NC(=S)Nc2ccccc2C(=O)O)cc1. The highest BCUT2D eigenvalue weighted by molar-refractivity contribution is 7.80. The molecule has 2 rings (SSSR count). The summed E-state index contributed by atoms with van der Waals surface area (Å²) in [6, 6.07) is 12.4. The molecule has 0 atom stereocenters. The lowest BCUT2D eigenvalue weighted by Crippen LogP contribution is -2.20. The molecule has 0 fully saturated rings. The molecule has 4 N–H and O–H groups in total. The lowest BCUT2D eigenvalue weighted by atomic mass is 10.2. The molecule has 0 heterocycles. The van der Waals surface area contributed by atoms with Gasteiger partial charge in [0, 0.05) is 5.69 Å². The predicted octanol–water partition coefficient (Wildman–Crippen LogP) is 2.89. The van der Waals surface area contributed by atoms with Gasteiger partial charge in [-0.15, -0.1) is 0 Å². The maximum Gasteiger partial charge on any atom is 0.337 e. The molecule has 22 heavy (non-hydrogen) atoms. The monoisotopic (exact) mass is 316 g/mol. The number of nitrogens with one attached hydrogen (secondary N) is 2. The van der Waals surface area contributed by atoms with Crippen molar-refractivity contribution < 1.29 is 19.8 Å². The van der Waals surface area contributed by atoms with Crippen molar-refractivity contribution in [2.75, 3.05) is 10.6 Å². The van der Waals surface area contributed by atoms with Crippen LogP contribution in [0, 0.1) is 0 Å². The second kappa shape index (κ2) is 6.68. The van der Waals surface area contributed by atoms with Crippen molar-refractivity contribution in [3.8, 4) is 0 Å². The van der Waals surface area contributed by atoms with Crippen LogP contribution < -0.4 is 10.6 Å². The average Bonchev–Trinajstić information content (AvgIpc) is 2.48. The van der Waals surface area contributed by atoms with E-state index >= 15 is 0 Å². The first-order chi connectivity index (χ1) is 10.5. The molecule has 0 amide bonds. The first-order valence-electron chi connectivity index (χ1n) is 6.21. The minimum absolute atomic E-state index is 0.105. The number of hydrogen-bond donors (Lipinski definition) is 4. The zero-order chi connectivity index (χ0) is 16.1. The molecule has 0 spiro atoms. The molecule has 6 nitrogen and oxygen atoms in total. The molecule has 112 valence electrons. The van der Waals surface area contributed by atoms with Crippen LogP contribution in [0.5, 0.6) is 0 Å². The van der Waals surface area contributed by atoms with E-state index in [1.165, 1.54) is 18.2 Å². The highest BCUT2D eigenvalue weighted by atomic mass is 32.1. The number of carboxylic acid groups (broad SMARTS) is 2. The molecule has 0 aliphatic carbocycles. The zero-order valence-electron chi connectivity index (χ0n) is 11.2. The highest BCUT2D eigenvalue weighted by Crippen LogP contribution is 2.16. The Kier molecular flexibility index (Phi) is 4.70. The summed E-state index contributed by atoms with van der Waals surface area (Å²) in [7, 11) is 0. The number of thiocarbonyl (C=S) groups is 1. The van der Waals surface area contributed by atoms with Gasteiger partial charge in [0.25, 0.3) is 0 Å². The minimum atomic E-state index is -1.06. The quantitative estimate of drug-likeness (QED) is 0.644. The summed E-state index contributed by atoms with van der Waals surface area (Å²) in [5, 5.41) is 23.8. The predicted molar refractivity (Wildman–Crippen MR) is 86.6 cm³/mol. The van der Waals surface area contributed by atoms with Gasteiger partial charge >= 0.3 is 11.9 Å². The van der Waals surface area contributed by atoms with E-state index in [-0.39, 0.29) is 16.2 Å². The number of benzene rings is 2. The molecule has 0 saturated carbocycles. The van der Waals surface area contributed by atoms with Crippen molar-refractivity contribution >= 4 is 40.6 Å². The third kappa shape index (κ3) is 3.80. The Balaban J connectivity index is 2.07. The van der Waals surface area contributed by atoms with E-state index in [0.29, 0.717) is 11.4 Å². The number of aromatic carboxylic acids is 2. The normalized spacial score (nSPS) is 9.82. The van der Waals surface area contributed by atoms with Gasteiger partial charge in [-0.2, -0.15) is 0 Å². The van der Waals surface area contributed by atoms with Gasteiger partial charge in [-0.05, 0) is 48.6 Å². The number of para-hydroxylation sites is 1. The summed E-state index contributed by atoms with van der Waals surface area (Å²) < 4.78 is 0. The van der Waals surface area contributed by atoms with Gasteiger partial charge in [0.1, 0.15) is 0 Å². The first-order valence-corrected chi connectivity index (χ1v) is 6.62. The Hall–Kier alpha value is -2.93.